The minimum absolute atomic E-state index is 0.247. The molecular formula is C8H15NO6. The van der Waals surface area contributed by atoms with Gasteiger partial charge in [0.2, 0.25) is 0 Å². The summed E-state index contributed by atoms with van der Waals surface area (Å²) in [5.74, 6) is -1.34. The zero-order valence-electron chi connectivity index (χ0n) is 8.24. The third-order valence-corrected chi connectivity index (χ3v) is 2.23. The molecule has 0 aromatic rings. The highest BCUT2D eigenvalue weighted by Crippen LogP contribution is 2.20. The molecule has 1 aliphatic rings. The molecule has 0 aliphatic carbocycles. The Morgan fingerprint density at radius 3 is 2.53 bits per heavy atom. The number of aliphatic hydroxyl groups excluding tert-OH is 2. The van der Waals surface area contributed by atoms with E-state index in [4.69, 9.17) is 20.3 Å². The lowest BCUT2D eigenvalue weighted by Gasteiger charge is -2.38. The summed E-state index contributed by atoms with van der Waals surface area (Å²) in [6.07, 6.45) is -5.28. The molecule has 1 saturated heterocycles. The van der Waals surface area contributed by atoms with Gasteiger partial charge in [-0.3, -0.25) is 0 Å². The number of hydrogen-bond donors (Lipinski definition) is 4. The number of hydrogen-bond acceptors (Lipinski definition) is 6. The Hall–Kier alpha value is -0.730. The fourth-order valence-electron chi connectivity index (χ4n) is 1.40. The molecule has 5 N–H and O–H groups in total. The van der Waals surface area contributed by atoms with Crippen LogP contribution < -0.4 is 5.73 Å². The second kappa shape index (κ2) is 4.86. The van der Waals surface area contributed by atoms with Crippen LogP contribution in [0.2, 0.25) is 0 Å². The Kier molecular flexibility index (Phi) is 4.00. The first-order valence-corrected chi connectivity index (χ1v) is 4.60. The standard InChI is InChI=1S/C8H15NO6/c1-2-14-8-5(11)3(9)4(10)6(15-8)7(12)13/h3-6,8,10-11H,2,9H2,1H3,(H,12,13)/t3-,4+,5?,6?,8-/m1/s1. The maximum atomic E-state index is 10.7. The van der Waals surface area contributed by atoms with Crippen LogP contribution in [0.1, 0.15) is 6.92 Å². The Morgan fingerprint density at radius 1 is 1.47 bits per heavy atom. The van der Waals surface area contributed by atoms with Crippen LogP contribution in [0.5, 0.6) is 0 Å². The second-order valence-corrected chi connectivity index (χ2v) is 3.28. The minimum Gasteiger partial charge on any atom is -0.479 e. The minimum atomic E-state index is -1.47. The normalized spacial score (nSPS) is 41.5. The van der Waals surface area contributed by atoms with E-state index in [9.17, 15) is 15.0 Å². The van der Waals surface area contributed by atoms with Gasteiger partial charge in [0.15, 0.2) is 12.4 Å². The highest BCUT2D eigenvalue weighted by Gasteiger charge is 2.46. The van der Waals surface area contributed by atoms with Crippen molar-refractivity contribution in [2.75, 3.05) is 6.61 Å². The summed E-state index contributed by atoms with van der Waals surface area (Å²) in [4.78, 5) is 10.7. The zero-order chi connectivity index (χ0) is 11.6. The van der Waals surface area contributed by atoms with Crippen LogP contribution in [-0.4, -0.2) is 58.5 Å². The molecule has 88 valence electrons. The summed E-state index contributed by atoms with van der Waals surface area (Å²) >= 11 is 0. The average Bonchev–Trinajstić information content (AvgIpc) is 2.18. The van der Waals surface area contributed by atoms with Gasteiger partial charge in [-0.15, -0.1) is 0 Å². The predicted molar refractivity (Wildman–Crippen MR) is 47.9 cm³/mol. The number of nitrogens with two attached hydrogens (primary N) is 1. The molecule has 1 heterocycles. The number of carboxylic acids is 1. The fraction of sp³-hybridized carbons (Fsp3) is 0.875. The van der Waals surface area contributed by atoms with E-state index in [0.29, 0.717) is 0 Å². The number of aliphatic hydroxyl groups is 2. The number of carboxylic acid groups (broad SMARTS) is 1. The van der Waals surface area contributed by atoms with Gasteiger partial charge < -0.3 is 30.5 Å². The maximum absolute atomic E-state index is 10.7. The molecule has 1 fully saturated rings. The Balaban J connectivity index is 2.75. The lowest BCUT2D eigenvalue weighted by molar-refractivity contribution is -0.268. The van der Waals surface area contributed by atoms with E-state index in [1.165, 1.54) is 0 Å². The molecule has 0 bridgehead atoms. The van der Waals surface area contributed by atoms with Crippen molar-refractivity contribution in [1.29, 1.82) is 0 Å². The molecule has 0 radical (unpaired) electrons. The third-order valence-electron chi connectivity index (χ3n) is 2.23. The first kappa shape index (κ1) is 12.3. The lowest BCUT2D eigenvalue weighted by Crippen LogP contribution is -2.63. The van der Waals surface area contributed by atoms with Crippen LogP contribution in [0.15, 0.2) is 0 Å². The molecule has 7 heteroatoms. The van der Waals surface area contributed by atoms with Gasteiger partial charge in [0.25, 0.3) is 0 Å². The van der Waals surface area contributed by atoms with Crippen LogP contribution in [0.25, 0.3) is 0 Å². The Bertz CT molecular complexity index is 235. The van der Waals surface area contributed by atoms with Gasteiger partial charge in [-0.2, -0.15) is 0 Å². The number of aliphatic carboxylic acids is 1. The molecule has 0 aromatic heterocycles. The van der Waals surface area contributed by atoms with Crippen molar-refractivity contribution < 1.29 is 29.6 Å². The summed E-state index contributed by atoms with van der Waals surface area (Å²) in [5, 5.41) is 27.6. The van der Waals surface area contributed by atoms with Gasteiger partial charge in [-0.05, 0) is 6.92 Å². The molecule has 0 spiro atoms. The van der Waals surface area contributed by atoms with Crippen LogP contribution in [-0.2, 0) is 14.3 Å². The van der Waals surface area contributed by atoms with Gasteiger partial charge >= 0.3 is 5.97 Å². The number of carbonyl (C=O) groups is 1. The molecular weight excluding hydrogens is 206 g/mol. The van der Waals surface area contributed by atoms with E-state index in [-0.39, 0.29) is 6.61 Å². The lowest BCUT2D eigenvalue weighted by atomic mass is 9.97. The summed E-state index contributed by atoms with van der Waals surface area (Å²) in [7, 11) is 0. The molecule has 2 unspecified atom stereocenters. The molecule has 0 amide bonds. The van der Waals surface area contributed by atoms with Crippen LogP contribution in [0, 0.1) is 0 Å². The van der Waals surface area contributed by atoms with Gasteiger partial charge in [-0.25, -0.2) is 4.79 Å². The quantitative estimate of drug-likeness (QED) is 0.429. The summed E-state index contributed by atoms with van der Waals surface area (Å²) in [6.45, 7) is 1.92. The predicted octanol–water partition coefficient (Wildman–Crippen LogP) is -2.12. The summed E-state index contributed by atoms with van der Waals surface area (Å²) < 4.78 is 9.85. The van der Waals surface area contributed by atoms with Crippen LogP contribution in [0.3, 0.4) is 0 Å². The smallest absolute Gasteiger partial charge is 0.335 e. The maximum Gasteiger partial charge on any atom is 0.335 e. The Labute approximate surface area is 86.4 Å². The van der Waals surface area contributed by atoms with E-state index in [1.54, 1.807) is 6.92 Å². The zero-order valence-corrected chi connectivity index (χ0v) is 8.24. The topological polar surface area (TPSA) is 122 Å². The highest BCUT2D eigenvalue weighted by atomic mass is 16.7. The molecule has 1 rings (SSSR count). The third kappa shape index (κ3) is 2.44. The van der Waals surface area contributed by atoms with Crippen LogP contribution >= 0.6 is 0 Å². The molecule has 7 nitrogen and oxygen atoms in total. The number of rotatable bonds is 3. The summed E-state index contributed by atoms with van der Waals surface area (Å²) in [6, 6.07) is -1.10. The fourth-order valence-corrected chi connectivity index (χ4v) is 1.40. The van der Waals surface area contributed by atoms with Crippen molar-refractivity contribution in [3.63, 3.8) is 0 Å². The average molecular weight is 221 g/mol. The van der Waals surface area contributed by atoms with E-state index >= 15 is 0 Å². The van der Waals surface area contributed by atoms with E-state index in [2.05, 4.69) is 0 Å². The SMILES string of the molecule is CCO[C@@H]1OC(C(=O)O)[C@@H](O)[C@@H](N)C1O. The van der Waals surface area contributed by atoms with Gasteiger partial charge in [0.05, 0.1) is 6.04 Å². The second-order valence-electron chi connectivity index (χ2n) is 3.28. The van der Waals surface area contributed by atoms with Gasteiger partial charge in [0.1, 0.15) is 12.2 Å². The number of ether oxygens (including phenoxy) is 2. The van der Waals surface area contributed by atoms with Crippen molar-refractivity contribution >= 4 is 5.97 Å². The molecule has 15 heavy (non-hydrogen) atoms. The van der Waals surface area contributed by atoms with Crippen molar-refractivity contribution in [3.05, 3.63) is 0 Å². The molecule has 1 aliphatic heterocycles. The van der Waals surface area contributed by atoms with Gasteiger partial charge in [0, 0.05) is 6.61 Å². The van der Waals surface area contributed by atoms with Crippen molar-refractivity contribution in [1.82, 2.24) is 0 Å². The van der Waals surface area contributed by atoms with Crippen molar-refractivity contribution in [2.24, 2.45) is 5.73 Å². The van der Waals surface area contributed by atoms with Crippen molar-refractivity contribution in [2.45, 2.75) is 37.6 Å². The van der Waals surface area contributed by atoms with E-state index in [0.717, 1.165) is 0 Å². The summed E-state index contributed by atoms with van der Waals surface area (Å²) in [5.41, 5.74) is 5.45. The first-order chi connectivity index (χ1) is 6.99. The van der Waals surface area contributed by atoms with E-state index in [1.807, 2.05) is 0 Å². The first-order valence-electron chi connectivity index (χ1n) is 4.60. The van der Waals surface area contributed by atoms with Gasteiger partial charge in [-0.1, -0.05) is 0 Å². The largest absolute Gasteiger partial charge is 0.479 e. The Morgan fingerprint density at radius 2 is 2.07 bits per heavy atom. The molecule has 5 atom stereocenters. The van der Waals surface area contributed by atoms with Crippen LogP contribution in [0.4, 0.5) is 0 Å². The van der Waals surface area contributed by atoms with E-state index < -0.39 is 36.6 Å². The monoisotopic (exact) mass is 221 g/mol. The highest BCUT2D eigenvalue weighted by molar-refractivity contribution is 5.73. The van der Waals surface area contributed by atoms with Crippen molar-refractivity contribution in [3.8, 4) is 0 Å². The molecule has 0 saturated carbocycles. The molecule has 0 aromatic carbocycles.